The molecule has 27 heavy (non-hydrogen) atoms. The predicted octanol–water partition coefficient (Wildman–Crippen LogP) is 4.13. The molecule has 1 saturated heterocycles. The van der Waals surface area contributed by atoms with Gasteiger partial charge >= 0.3 is 0 Å². The van der Waals surface area contributed by atoms with E-state index in [-0.39, 0.29) is 11.8 Å². The largest absolute Gasteiger partial charge is 0.243 e. The second-order valence-electron chi connectivity index (χ2n) is 6.72. The van der Waals surface area contributed by atoms with Crippen LogP contribution in [0, 0.1) is 17.2 Å². The number of rotatable bonds is 3. The van der Waals surface area contributed by atoms with Gasteiger partial charge in [0.25, 0.3) is 0 Å². The van der Waals surface area contributed by atoms with Crippen molar-refractivity contribution in [3.8, 4) is 6.07 Å². The number of hydrogen-bond acceptors (Lipinski definition) is 3. The summed E-state index contributed by atoms with van der Waals surface area (Å²) in [4.78, 5) is 0.294. The molecule has 0 radical (unpaired) electrons. The summed E-state index contributed by atoms with van der Waals surface area (Å²) in [6.45, 7) is 0.711. The van der Waals surface area contributed by atoms with Gasteiger partial charge in [0.15, 0.2) is 0 Å². The second-order valence-corrected chi connectivity index (χ2v) is 9.10. The van der Waals surface area contributed by atoms with Crippen LogP contribution in [0.5, 0.6) is 0 Å². The van der Waals surface area contributed by atoms with E-state index in [0.717, 1.165) is 11.1 Å². The summed E-state index contributed by atoms with van der Waals surface area (Å²) in [5.74, 6) is -0.223. The van der Waals surface area contributed by atoms with E-state index in [1.54, 1.807) is 42.5 Å². The standard InChI is InChI=1S/C21H17ClN2O2S/c22-19-8-6-15(7-9-19)21-11-18-14-24(13-17(18)10-16(21)12-23)27(25,26)20-4-2-1-3-5-20/h1-11,17,21H,13-14H2/t17-,21-/m1/s1. The molecule has 0 N–H and O–H groups in total. The Bertz CT molecular complexity index is 1070. The average molecular weight is 397 g/mol. The fourth-order valence-electron chi connectivity index (χ4n) is 3.66. The van der Waals surface area contributed by atoms with E-state index >= 15 is 0 Å². The minimum atomic E-state index is -3.55. The molecule has 0 amide bonds. The van der Waals surface area contributed by atoms with Gasteiger partial charge in [0.1, 0.15) is 0 Å². The third-order valence-electron chi connectivity index (χ3n) is 5.07. The number of hydrogen-bond donors (Lipinski definition) is 0. The molecule has 1 aliphatic carbocycles. The van der Waals surface area contributed by atoms with Gasteiger partial charge in [-0.05, 0) is 35.4 Å². The minimum absolute atomic E-state index is 0.0540. The molecule has 4 nitrogen and oxygen atoms in total. The molecule has 2 atom stereocenters. The first kappa shape index (κ1) is 18.0. The monoisotopic (exact) mass is 396 g/mol. The number of allylic oxidation sites excluding steroid dienone is 2. The first-order valence-corrected chi connectivity index (χ1v) is 10.4. The van der Waals surface area contributed by atoms with Crippen molar-refractivity contribution in [3.63, 3.8) is 0 Å². The first-order chi connectivity index (χ1) is 13.0. The van der Waals surface area contributed by atoms with Gasteiger partial charge in [0.2, 0.25) is 10.0 Å². The van der Waals surface area contributed by atoms with Crippen LogP contribution < -0.4 is 0 Å². The molecule has 1 fully saturated rings. The van der Waals surface area contributed by atoms with Gasteiger partial charge < -0.3 is 0 Å². The Hall–Kier alpha value is -2.39. The maximum atomic E-state index is 12.9. The Morgan fingerprint density at radius 3 is 2.41 bits per heavy atom. The zero-order valence-corrected chi connectivity index (χ0v) is 16.0. The van der Waals surface area contributed by atoms with Crippen LogP contribution in [0.2, 0.25) is 5.02 Å². The van der Waals surface area contributed by atoms with Crippen LogP contribution in [0.4, 0.5) is 0 Å². The molecular weight excluding hydrogens is 380 g/mol. The highest BCUT2D eigenvalue weighted by Crippen LogP contribution is 2.39. The minimum Gasteiger partial charge on any atom is -0.207 e. The lowest BCUT2D eigenvalue weighted by molar-refractivity contribution is 0.471. The molecule has 6 heteroatoms. The Balaban J connectivity index is 1.66. The van der Waals surface area contributed by atoms with Crippen LogP contribution >= 0.6 is 11.6 Å². The van der Waals surface area contributed by atoms with Crippen LogP contribution in [-0.2, 0) is 10.0 Å². The van der Waals surface area contributed by atoms with Crippen molar-refractivity contribution in [1.82, 2.24) is 4.31 Å². The van der Waals surface area contributed by atoms with E-state index in [9.17, 15) is 13.7 Å². The number of sulfonamides is 1. The van der Waals surface area contributed by atoms with E-state index < -0.39 is 10.0 Å². The summed E-state index contributed by atoms with van der Waals surface area (Å²) < 4.78 is 27.3. The zero-order valence-electron chi connectivity index (χ0n) is 14.4. The lowest BCUT2D eigenvalue weighted by Crippen LogP contribution is -2.28. The van der Waals surface area contributed by atoms with Crippen LogP contribution in [0.1, 0.15) is 11.5 Å². The smallest absolute Gasteiger partial charge is 0.207 e. The van der Waals surface area contributed by atoms with Crippen LogP contribution in [0.25, 0.3) is 0 Å². The SMILES string of the molecule is N#CC1=C[C@@H]2CN(S(=O)(=O)c3ccccc3)CC2=C[C@@H]1c1ccc(Cl)cc1. The molecule has 0 saturated carbocycles. The first-order valence-electron chi connectivity index (χ1n) is 8.62. The Labute approximate surface area is 164 Å². The fourth-order valence-corrected chi connectivity index (χ4v) is 5.26. The summed E-state index contributed by atoms with van der Waals surface area (Å²) in [5.41, 5.74) is 2.65. The summed E-state index contributed by atoms with van der Waals surface area (Å²) in [7, 11) is -3.55. The van der Waals surface area contributed by atoms with Crippen LogP contribution in [-0.4, -0.2) is 25.8 Å². The highest BCUT2D eigenvalue weighted by Gasteiger charge is 2.37. The molecule has 2 aromatic carbocycles. The van der Waals surface area contributed by atoms with Crippen molar-refractivity contribution in [2.45, 2.75) is 10.8 Å². The van der Waals surface area contributed by atoms with Crippen molar-refractivity contribution < 1.29 is 8.42 Å². The number of halogens is 1. The predicted molar refractivity (Wildman–Crippen MR) is 105 cm³/mol. The molecule has 0 bridgehead atoms. The van der Waals surface area contributed by atoms with Crippen molar-refractivity contribution in [1.29, 1.82) is 5.26 Å². The lowest BCUT2D eigenvalue weighted by Gasteiger charge is -2.21. The van der Waals surface area contributed by atoms with Crippen molar-refractivity contribution in [2.24, 2.45) is 5.92 Å². The molecule has 0 spiro atoms. The highest BCUT2D eigenvalue weighted by atomic mass is 35.5. The summed E-state index contributed by atoms with van der Waals surface area (Å²) >= 11 is 5.97. The topological polar surface area (TPSA) is 61.2 Å². The van der Waals surface area contributed by atoms with Gasteiger partial charge in [-0.15, -0.1) is 0 Å². The van der Waals surface area contributed by atoms with Crippen LogP contribution in [0.3, 0.4) is 0 Å². The molecular formula is C21H17ClN2O2S. The molecule has 0 aromatic heterocycles. The van der Waals surface area contributed by atoms with E-state index in [0.29, 0.717) is 28.6 Å². The van der Waals surface area contributed by atoms with Crippen molar-refractivity contribution in [3.05, 3.63) is 88.5 Å². The molecule has 0 unspecified atom stereocenters. The van der Waals surface area contributed by atoms with Gasteiger partial charge in [-0.1, -0.05) is 54.1 Å². The molecule has 2 aliphatic rings. The van der Waals surface area contributed by atoms with Crippen LogP contribution in [0.15, 0.2) is 82.8 Å². The highest BCUT2D eigenvalue weighted by molar-refractivity contribution is 7.89. The van der Waals surface area contributed by atoms with E-state index in [1.807, 2.05) is 24.3 Å². The van der Waals surface area contributed by atoms with Crippen molar-refractivity contribution >= 4 is 21.6 Å². The van der Waals surface area contributed by atoms with E-state index in [4.69, 9.17) is 11.6 Å². The quantitative estimate of drug-likeness (QED) is 0.732. The average Bonchev–Trinajstić information content (AvgIpc) is 3.12. The third-order valence-corrected chi connectivity index (χ3v) is 7.15. The van der Waals surface area contributed by atoms with Gasteiger partial charge in [-0.25, -0.2) is 8.42 Å². The lowest BCUT2D eigenvalue weighted by atomic mass is 9.81. The third kappa shape index (κ3) is 3.32. The normalized spacial score (nSPS) is 22.5. The summed E-state index contributed by atoms with van der Waals surface area (Å²) in [6.07, 6.45) is 3.95. The van der Waals surface area contributed by atoms with Crippen molar-refractivity contribution in [2.75, 3.05) is 13.1 Å². The molecule has 2 aromatic rings. The summed E-state index contributed by atoms with van der Waals surface area (Å²) in [6, 6.07) is 18.2. The van der Waals surface area contributed by atoms with Gasteiger partial charge in [-0.2, -0.15) is 9.57 Å². The Morgan fingerprint density at radius 1 is 1.04 bits per heavy atom. The number of nitriles is 1. The molecule has 4 rings (SSSR count). The van der Waals surface area contributed by atoms with Gasteiger partial charge in [0.05, 0.1) is 11.0 Å². The number of fused-ring (bicyclic) bond motifs is 1. The Morgan fingerprint density at radius 2 is 1.74 bits per heavy atom. The number of benzene rings is 2. The summed E-state index contributed by atoms with van der Waals surface area (Å²) in [5, 5.41) is 10.2. The molecule has 1 heterocycles. The fraction of sp³-hybridized carbons (Fsp3) is 0.190. The zero-order chi connectivity index (χ0) is 19.0. The number of nitrogens with zero attached hydrogens (tertiary/aromatic N) is 2. The van der Waals surface area contributed by atoms with E-state index in [1.165, 1.54) is 4.31 Å². The van der Waals surface area contributed by atoms with E-state index in [2.05, 4.69) is 6.07 Å². The van der Waals surface area contributed by atoms with Gasteiger partial charge in [-0.3, -0.25) is 0 Å². The van der Waals surface area contributed by atoms with Gasteiger partial charge in [0, 0.05) is 35.5 Å². The molecule has 1 aliphatic heterocycles. The maximum absolute atomic E-state index is 12.9. The molecule has 136 valence electrons. The Kier molecular flexibility index (Phi) is 4.65. The second kappa shape index (κ2) is 6.97. The maximum Gasteiger partial charge on any atom is 0.243 e.